The SMILES string of the molecule is O=C(Nc1ccc(N2CCCCC2)c(C(=O)N2CCCC2)c1)Nc1c(Cl)cccc1Cl. The summed E-state index contributed by atoms with van der Waals surface area (Å²) in [5.41, 5.74) is 2.47. The van der Waals surface area contributed by atoms with Gasteiger partial charge in [0.25, 0.3) is 5.91 Å². The Morgan fingerprint density at radius 3 is 2.13 bits per heavy atom. The third-order valence-corrected chi connectivity index (χ3v) is 6.41. The summed E-state index contributed by atoms with van der Waals surface area (Å²) in [6, 6.07) is 10.1. The van der Waals surface area contributed by atoms with Gasteiger partial charge in [0.15, 0.2) is 0 Å². The van der Waals surface area contributed by atoms with E-state index in [1.165, 1.54) is 6.42 Å². The van der Waals surface area contributed by atoms with Gasteiger partial charge < -0.3 is 20.4 Å². The summed E-state index contributed by atoms with van der Waals surface area (Å²) >= 11 is 12.3. The average molecular weight is 461 g/mol. The van der Waals surface area contributed by atoms with Crippen LogP contribution in [0.5, 0.6) is 0 Å². The highest BCUT2D eigenvalue weighted by molar-refractivity contribution is 6.39. The third kappa shape index (κ3) is 5.08. The molecule has 0 radical (unpaired) electrons. The van der Waals surface area contributed by atoms with Crippen LogP contribution in [0.2, 0.25) is 10.0 Å². The maximum atomic E-state index is 13.3. The maximum Gasteiger partial charge on any atom is 0.323 e. The van der Waals surface area contributed by atoms with Crippen LogP contribution in [0.15, 0.2) is 36.4 Å². The summed E-state index contributed by atoms with van der Waals surface area (Å²) in [6.45, 7) is 3.44. The molecule has 2 aliphatic rings. The maximum absolute atomic E-state index is 13.3. The van der Waals surface area contributed by atoms with Gasteiger partial charge in [0.05, 0.1) is 21.3 Å². The first kappa shape index (κ1) is 21.8. The van der Waals surface area contributed by atoms with Gasteiger partial charge in [0.2, 0.25) is 0 Å². The number of amides is 3. The highest BCUT2D eigenvalue weighted by Crippen LogP contribution is 2.31. The van der Waals surface area contributed by atoms with Gasteiger partial charge in [-0.15, -0.1) is 0 Å². The van der Waals surface area contributed by atoms with Crippen LogP contribution in [0.1, 0.15) is 42.5 Å². The highest BCUT2D eigenvalue weighted by Gasteiger charge is 2.25. The van der Waals surface area contributed by atoms with E-state index in [1.807, 2.05) is 17.0 Å². The fourth-order valence-electron chi connectivity index (χ4n) is 4.18. The normalized spacial score (nSPS) is 16.3. The zero-order chi connectivity index (χ0) is 21.8. The molecule has 2 fully saturated rings. The van der Waals surface area contributed by atoms with Gasteiger partial charge in [0.1, 0.15) is 0 Å². The molecular weight excluding hydrogens is 435 g/mol. The van der Waals surface area contributed by atoms with Gasteiger partial charge in [0, 0.05) is 37.6 Å². The van der Waals surface area contributed by atoms with Crippen LogP contribution >= 0.6 is 23.2 Å². The van der Waals surface area contributed by atoms with Crippen LogP contribution in [0.25, 0.3) is 0 Å². The van der Waals surface area contributed by atoms with Crippen molar-refractivity contribution in [3.63, 3.8) is 0 Å². The second kappa shape index (κ2) is 9.79. The Morgan fingerprint density at radius 2 is 1.45 bits per heavy atom. The molecule has 2 aliphatic heterocycles. The smallest absolute Gasteiger partial charge is 0.323 e. The number of rotatable bonds is 4. The van der Waals surface area contributed by atoms with Gasteiger partial charge in [-0.05, 0) is 62.4 Å². The largest absolute Gasteiger partial charge is 0.371 e. The number of halogens is 2. The molecule has 2 saturated heterocycles. The molecule has 0 bridgehead atoms. The number of carbonyl (C=O) groups is 2. The Labute approximate surface area is 192 Å². The predicted octanol–water partition coefficient (Wildman–Crippen LogP) is 5.86. The van der Waals surface area contributed by atoms with Crippen LogP contribution in [0, 0.1) is 0 Å². The van der Waals surface area contributed by atoms with Crippen LogP contribution in [-0.2, 0) is 0 Å². The molecule has 6 nitrogen and oxygen atoms in total. The standard InChI is InChI=1S/C23H26Cl2N4O2/c24-18-7-6-8-19(25)21(18)27-23(31)26-16-9-10-20(28-11-2-1-3-12-28)17(15-16)22(30)29-13-4-5-14-29/h6-10,15H,1-5,11-14H2,(H2,26,27,31). The molecule has 8 heteroatoms. The summed E-state index contributed by atoms with van der Waals surface area (Å²) in [5, 5.41) is 6.20. The van der Waals surface area contributed by atoms with Crippen molar-refractivity contribution in [1.29, 1.82) is 0 Å². The number of urea groups is 1. The topological polar surface area (TPSA) is 64.7 Å². The lowest BCUT2D eigenvalue weighted by atomic mass is 10.1. The number of nitrogens with one attached hydrogen (secondary N) is 2. The molecule has 4 rings (SSSR count). The van der Waals surface area contributed by atoms with Crippen LogP contribution in [-0.4, -0.2) is 43.0 Å². The molecule has 2 aromatic carbocycles. The van der Waals surface area contributed by atoms with E-state index in [-0.39, 0.29) is 5.91 Å². The molecule has 0 aromatic heterocycles. The highest BCUT2D eigenvalue weighted by atomic mass is 35.5. The molecule has 0 spiro atoms. The number of nitrogens with zero attached hydrogens (tertiary/aromatic N) is 2. The third-order valence-electron chi connectivity index (χ3n) is 5.78. The van der Waals surface area contributed by atoms with Crippen molar-refractivity contribution in [2.24, 2.45) is 0 Å². The van der Waals surface area contributed by atoms with Crippen molar-refractivity contribution in [1.82, 2.24) is 4.90 Å². The molecule has 0 saturated carbocycles. The molecular formula is C23H26Cl2N4O2. The Hall–Kier alpha value is -2.44. The van der Waals surface area contributed by atoms with Crippen molar-refractivity contribution in [2.75, 3.05) is 41.7 Å². The lowest BCUT2D eigenvalue weighted by Crippen LogP contribution is -2.34. The summed E-state index contributed by atoms with van der Waals surface area (Å²) in [4.78, 5) is 30.0. The van der Waals surface area contributed by atoms with E-state index < -0.39 is 6.03 Å². The van der Waals surface area contributed by atoms with Crippen molar-refractivity contribution in [3.8, 4) is 0 Å². The number of hydrogen-bond acceptors (Lipinski definition) is 3. The molecule has 164 valence electrons. The quantitative estimate of drug-likeness (QED) is 0.599. The Kier molecular flexibility index (Phi) is 6.88. The molecule has 3 amide bonds. The summed E-state index contributed by atoms with van der Waals surface area (Å²) in [7, 11) is 0. The van der Waals surface area contributed by atoms with Crippen LogP contribution in [0.4, 0.5) is 21.9 Å². The van der Waals surface area contributed by atoms with Crippen molar-refractivity contribution < 1.29 is 9.59 Å². The van der Waals surface area contributed by atoms with E-state index in [0.717, 1.165) is 57.5 Å². The number of piperidine rings is 1. The second-order valence-electron chi connectivity index (χ2n) is 7.95. The van der Waals surface area contributed by atoms with Gasteiger partial charge in [-0.3, -0.25) is 4.79 Å². The summed E-state index contributed by atoms with van der Waals surface area (Å²) in [5.74, 6) is 0.0243. The summed E-state index contributed by atoms with van der Waals surface area (Å²) < 4.78 is 0. The van der Waals surface area contributed by atoms with Crippen molar-refractivity contribution >= 4 is 52.2 Å². The average Bonchev–Trinajstić information content (AvgIpc) is 3.31. The number of hydrogen-bond donors (Lipinski definition) is 2. The van der Waals surface area contributed by atoms with E-state index >= 15 is 0 Å². The van der Waals surface area contributed by atoms with E-state index in [2.05, 4.69) is 15.5 Å². The van der Waals surface area contributed by atoms with E-state index in [4.69, 9.17) is 23.2 Å². The fourth-order valence-corrected chi connectivity index (χ4v) is 4.67. The monoisotopic (exact) mass is 460 g/mol. The number of carbonyl (C=O) groups excluding carboxylic acids is 2. The Morgan fingerprint density at radius 1 is 0.806 bits per heavy atom. The molecule has 0 unspecified atom stereocenters. The van der Waals surface area contributed by atoms with Crippen molar-refractivity contribution in [2.45, 2.75) is 32.1 Å². The van der Waals surface area contributed by atoms with E-state index in [0.29, 0.717) is 27.0 Å². The Bertz CT molecular complexity index is 950. The molecule has 2 N–H and O–H groups in total. The van der Waals surface area contributed by atoms with Gasteiger partial charge in [-0.1, -0.05) is 29.3 Å². The number of anilines is 3. The zero-order valence-electron chi connectivity index (χ0n) is 17.3. The minimum absolute atomic E-state index is 0.0243. The van der Waals surface area contributed by atoms with Crippen LogP contribution in [0.3, 0.4) is 0 Å². The van der Waals surface area contributed by atoms with E-state index in [9.17, 15) is 9.59 Å². The lowest BCUT2D eigenvalue weighted by molar-refractivity contribution is 0.0793. The minimum Gasteiger partial charge on any atom is -0.371 e. The van der Waals surface area contributed by atoms with Gasteiger partial charge >= 0.3 is 6.03 Å². The first-order valence-electron chi connectivity index (χ1n) is 10.7. The van der Waals surface area contributed by atoms with E-state index in [1.54, 1.807) is 24.3 Å². The molecule has 31 heavy (non-hydrogen) atoms. The fraction of sp³-hybridized carbons (Fsp3) is 0.391. The molecule has 2 heterocycles. The van der Waals surface area contributed by atoms with Crippen molar-refractivity contribution in [3.05, 3.63) is 52.0 Å². The number of para-hydroxylation sites is 1. The predicted molar refractivity (Wildman–Crippen MR) is 127 cm³/mol. The second-order valence-corrected chi connectivity index (χ2v) is 8.77. The molecule has 0 aliphatic carbocycles. The molecule has 2 aromatic rings. The van der Waals surface area contributed by atoms with Crippen LogP contribution < -0.4 is 15.5 Å². The van der Waals surface area contributed by atoms with Gasteiger partial charge in [-0.2, -0.15) is 0 Å². The number of benzene rings is 2. The first-order chi connectivity index (χ1) is 15.0. The summed E-state index contributed by atoms with van der Waals surface area (Å²) in [6.07, 6.45) is 5.53. The number of likely N-dealkylation sites (tertiary alicyclic amines) is 1. The minimum atomic E-state index is -0.472. The Balaban J connectivity index is 1.57. The zero-order valence-corrected chi connectivity index (χ0v) is 18.8. The lowest BCUT2D eigenvalue weighted by Gasteiger charge is -2.31. The van der Waals surface area contributed by atoms with Gasteiger partial charge in [-0.25, -0.2) is 4.79 Å². The first-order valence-corrected chi connectivity index (χ1v) is 11.5. The molecule has 0 atom stereocenters.